The predicted molar refractivity (Wildman–Crippen MR) is 76.1 cm³/mol. The lowest BCUT2D eigenvalue weighted by Gasteiger charge is -2.11. The minimum Gasteiger partial charge on any atom is -0.396 e. The number of carbonyl (C=O) groups excluding carboxylic acids is 1. The lowest BCUT2D eigenvalue weighted by Crippen LogP contribution is -2.17. The number of aliphatic hydroxyl groups is 1. The third-order valence-corrected chi connectivity index (χ3v) is 2.82. The van der Waals surface area contributed by atoms with Crippen LogP contribution in [0.3, 0.4) is 0 Å². The Morgan fingerprint density at radius 1 is 1.47 bits per heavy atom. The van der Waals surface area contributed by atoms with Crippen molar-refractivity contribution in [2.75, 3.05) is 25.6 Å². The highest BCUT2D eigenvalue weighted by molar-refractivity contribution is 5.90. The number of carbonyl (C=O) groups is 1. The first-order chi connectivity index (χ1) is 9.15. The highest BCUT2D eigenvalue weighted by Gasteiger charge is 2.09. The van der Waals surface area contributed by atoms with Crippen molar-refractivity contribution in [3.63, 3.8) is 0 Å². The van der Waals surface area contributed by atoms with Gasteiger partial charge in [-0.1, -0.05) is 19.1 Å². The maximum atomic E-state index is 11.8. The molecule has 1 aromatic rings. The molecule has 1 atom stereocenters. The Morgan fingerprint density at radius 3 is 2.95 bits per heavy atom. The van der Waals surface area contributed by atoms with Crippen LogP contribution in [0, 0.1) is 5.92 Å². The molecule has 0 heterocycles. The van der Waals surface area contributed by atoms with Crippen LogP contribution < -0.4 is 5.32 Å². The van der Waals surface area contributed by atoms with Crippen molar-refractivity contribution in [2.45, 2.75) is 26.2 Å². The van der Waals surface area contributed by atoms with Crippen molar-refractivity contribution in [1.29, 1.82) is 0 Å². The van der Waals surface area contributed by atoms with Gasteiger partial charge in [0.25, 0.3) is 0 Å². The summed E-state index contributed by atoms with van der Waals surface area (Å²) in [5.41, 5.74) is 1.93. The molecule has 4 nitrogen and oxygen atoms in total. The summed E-state index contributed by atoms with van der Waals surface area (Å²) in [6, 6.07) is 7.75. The number of amides is 1. The molecule has 1 amide bonds. The van der Waals surface area contributed by atoms with Crippen LogP contribution in [0.1, 0.15) is 25.3 Å². The maximum absolute atomic E-state index is 11.8. The van der Waals surface area contributed by atoms with Gasteiger partial charge in [-0.05, 0) is 36.5 Å². The summed E-state index contributed by atoms with van der Waals surface area (Å²) in [4.78, 5) is 11.8. The quantitative estimate of drug-likeness (QED) is 0.757. The number of ether oxygens (including phenoxy) is 1. The van der Waals surface area contributed by atoms with Crippen LogP contribution in [0.2, 0.25) is 0 Å². The van der Waals surface area contributed by atoms with Gasteiger partial charge in [-0.25, -0.2) is 0 Å². The van der Waals surface area contributed by atoms with Crippen molar-refractivity contribution < 1.29 is 14.6 Å². The molecule has 0 aliphatic heterocycles. The summed E-state index contributed by atoms with van der Waals surface area (Å²) in [6.07, 6.45) is 2.01. The molecule has 0 radical (unpaired) electrons. The van der Waals surface area contributed by atoms with Crippen molar-refractivity contribution in [3.05, 3.63) is 29.8 Å². The molecule has 0 aliphatic rings. The van der Waals surface area contributed by atoms with Crippen molar-refractivity contribution in [2.24, 2.45) is 5.92 Å². The normalized spacial score (nSPS) is 12.2. The van der Waals surface area contributed by atoms with Crippen molar-refractivity contribution in [3.8, 4) is 0 Å². The van der Waals surface area contributed by atoms with Gasteiger partial charge in [-0.3, -0.25) is 4.79 Å². The first-order valence-corrected chi connectivity index (χ1v) is 6.64. The molecule has 0 fully saturated rings. The number of rotatable bonds is 8. The highest BCUT2D eigenvalue weighted by Crippen LogP contribution is 2.13. The Labute approximate surface area is 114 Å². The van der Waals surface area contributed by atoms with E-state index in [-0.39, 0.29) is 18.4 Å². The van der Waals surface area contributed by atoms with Gasteiger partial charge in [0.15, 0.2) is 0 Å². The minimum absolute atomic E-state index is 0.00357. The molecular formula is C15H23NO3. The largest absolute Gasteiger partial charge is 0.396 e. The van der Waals surface area contributed by atoms with Crippen LogP contribution in [0.15, 0.2) is 24.3 Å². The molecule has 19 heavy (non-hydrogen) atoms. The van der Waals surface area contributed by atoms with E-state index in [9.17, 15) is 4.79 Å². The minimum atomic E-state index is 0.00357. The molecule has 0 bridgehead atoms. The highest BCUT2D eigenvalue weighted by atomic mass is 16.5. The fraction of sp³-hybridized carbons (Fsp3) is 0.533. The Bertz CT molecular complexity index is 393. The molecule has 1 unspecified atom stereocenters. The molecule has 0 spiro atoms. The van der Waals surface area contributed by atoms with Crippen LogP contribution in [0.5, 0.6) is 0 Å². The number of aryl methyl sites for hydroxylation is 1. The number of nitrogens with one attached hydrogen (secondary N) is 1. The summed E-state index contributed by atoms with van der Waals surface area (Å²) >= 11 is 0. The van der Waals surface area contributed by atoms with Crippen LogP contribution in [-0.2, 0) is 16.0 Å². The average molecular weight is 265 g/mol. The molecule has 1 rings (SSSR count). The lowest BCUT2D eigenvalue weighted by atomic mass is 10.1. The third kappa shape index (κ3) is 6.36. The Hall–Kier alpha value is -1.39. The third-order valence-electron chi connectivity index (χ3n) is 2.82. The number of hydrogen-bond acceptors (Lipinski definition) is 3. The van der Waals surface area contributed by atoms with Crippen LogP contribution in [0.25, 0.3) is 0 Å². The van der Waals surface area contributed by atoms with Gasteiger partial charge in [0, 0.05) is 32.4 Å². The first-order valence-electron chi connectivity index (χ1n) is 6.64. The van der Waals surface area contributed by atoms with E-state index in [0.717, 1.165) is 24.1 Å². The van der Waals surface area contributed by atoms with E-state index in [1.165, 1.54) is 0 Å². The van der Waals surface area contributed by atoms with Gasteiger partial charge >= 0.3 is 0 Å². The Morgan fingerprint density at radius 2 is 2.26 bits per heavy atom. The smallest absolute Gasteiger partial charge is 0.224 e. The standard InChI is InChI=1S/C15H23NO3/c1-12(11-19-2)9-15(18)16-14-7-3-5-13(10-14)6-4-8-17/h3,5,7,10,12,17H,4,6,8-9,11H2,1-2H3,(H,16,18). The molecular weight excluding hydrogens is 242 g/mol. The number of anilines is 1. The summed E-state index contributed by atoms with van der Waals surface area (Å²) in [5, 5.41) is 11.7. The second-order valence-electron chi connectivity index (χ2n) is 4.84. The second kappa shape index (κ2) is 8.67. The average Bonchev–Trinajstić information content (AvgIpc) is 2.36. The van der Waals surface area contributed by atoms with Crippen LogP contribution >= 0.6 is 0 Å². The molecule has 4 heteroatoms. The zero-order chi connectivity index (χ0) is 14.1. The fourth-order valence-corrected chi connectivity index (χ4v) is 1.96. The van der Waals surface area contributed by atoms with Gasteiger partial charge in [0.1, 0.15) is 0 Å². The Kier molecular flexibility index (Phi) is 7.15. The second-order valence-corrected chi connectivity index (χ2v) is 4.84. The zero-order valence-corrected chi connectivity index (χ0v) is 11.7. The van der Waals surface area contributed by atoms with E-state index in [2.05, 4.69) is 5.32 Å². The number of benzene rings is 1. The van der Waals surface area contributed by atoms with E-state index in [1.807, 2.05) is 31.2 Å². The molecule has 1 aromatic carbocycles. The molecule has 106 valence electrons. The molecule has 0 aromatic heterocycles. The first kappa shape index (κ1) is 15.7. The van der Waals surface area contributed by atoms with Crippen molar-refractivity contribution in [1.82, 2.24) is 0 Å². The zero-order valence-electron chi connectivity index (χ0n) is 11.7. The van der Waals surface area contributed by atoms with E-state index >= 15 is 0 Å². The lowest BCUT2D eigenvalue weighted by molar-refractivity contribution is -0.117. The summed E-state index contributed by atoms with van der Waals surface area (Å²) in [5.74, 6) is 0.214. The fourth-order valence-electron chi connectivity index (χ4n) is 1.96. The van der Waals surface area contributed by atoms with Crippen LogP contribution in [-0.4, -0.2) is 31.3 Å². The molecule has 0 saturated heterocycles. The number of methoxy groups -OCH3 is 1. The summed E-state index contributed by atoms with van der Waals surface area (Å²) in [7, 11) is 1.64. The van der Waals surface area contributed by atoms with Gasteiger partial charge in [0.2, 0.25) is 5.91 Å². The monoisotopic (exact) mass is 265 g/mol. The van der Waals surface area contributed by atoms with Gasteiger partial charge < -0.3 is 15.2 Å². The summed E-state index contributed by atoms with van der Waals surface area (Å²) < 4.78 is 5.01. The molecule has 2 N–H and O–H groups in total. The van der Waals surface area contributed by atoms with E-state index in [0.29, 0.717) is 13.0 Å². The SMILES string of the molecule is COCC(C)CC(=O)Nc1cccc(CCCO)c1. The summed E-state index contributed by atoms with van der Waals surface area (Å²) in [6.45, 7) is 2.76. The van der Waals surface area contributed by atoms with Gasteiger partial charge in [-0.15, -0.1) is 0 Å². The van der Waals surface area contributed by atoms with E-state index in [4.69, 9.17) is 9.84 Å². The predicted octanol–water partition coefficient (Wildman–Crippen LogP) is 2.22. The molecule has 0 saturated carbocycles. The molecule has 0 aliphatic carbocycles. The Balaban J connectivity index is 2.49. The number of aliphatic hydroxyl groups excluding tert-OH is 1. The van der Waals surface area contributed by atoms with Crippen molar-refractivity contribution >= 4 is 11.6 Å². The van der Waals surface area contributed by atoms with Gasteiger partial charge in [0.05, 0.1) is 0 Å². The topological polar surface area (TPSA) is 58.6 Å². The van der Waals surface area contributed by atoms with E-state index < -0.39 is 0 Å². The number of hydrogen-bond donors (Lipinski definition) is 2. The van der Waals surface area contributed by atoms with Gasteiger partial charge in [-0.2, -0.15) is 0 Å². The van der Waals surface area contributed by atoms with E-state index in [1.54, 1.807) is 7.11 Å². The van der Waals surface area contributed by atoms with Crippen LogP contribution in [0.4, 0.5) is 5.69 Å². The maximum Gasteiger partial charge on any atom is 0.224 e.